The number of hydrogen-bond acceptors (Lipinski definition) is 7. The number of para-hydroxylation sites is 1. The Morgan fingerprint density at radius 3 is 2.42 bits per heavy atom. The number of carbonyl (C=O) groups is 1. The van der Waals surface area contributed by atoms with E-state index in [0.29, 0.717) is 27.9 Å². The molecule has 0 fully saturated rings. The van der Waals surface area contributed by atoms with E-state index in [-0.39, 0.29) is 19.1 Å². The smallest absolute Gasteiger partial charge is 0.267 e. The first-order chi connectivity index (χ1) is 15.2. The molecule has 0 aliphatic heterocycles. The number of benzene rings is 2. The molecule has 2 aromatic carbocycles. The van der Waals surface area contributed by atoms with Crippen LogP contribution in [-0.2, 0) is 11.3 Å². The average Bonchev–Trinajstić information content (AvgIpc) is 3.27. The molecule has 1 amide bonds. The molecule has 0 radical (unpaired) electrons. The predicted octanol–water partition coefficient (Wildman–Crippen LogP) is 4.32. The van der Waals surface area contributed by atoms with Gasteiger partial charge in [-0.3, -0.25) is 14.7 Å². The normalized spacial score (nSPS) is 10.6. The number of amides is 1. The van der Waals surface area contributed by atoms with Crippen LogP contribution in [0.25, 0.3) is 10.2 Å². The Morgan fingerprint density at radius 1 is 0.968 bits per heavy atom. The minimum absolute atomic E-state index is 0.124. The van der Waals surface area contributed by atoms with Crippen molar-refractivity contribution in [3.63, 3.8) is 0 Å². The summed E-state index contributed by atoms with van der Waals surface area (Å²) in [5.74, 6) is 1.68. The number of methoxy groups -OCH3 is 2. The molecule has 0 unspecified atom stereocenters. The van der Waals surface area contributed by atoms with Crippen molar-refractivity contribution in [2.75, 3.05) is 25.7 Å². The quantitative estimate of drug-likeness (QED) is 0.410. The largest absolute Gasteiger partial charge is 0.495 e. The van der Waals surface area contributed by atoms with Crippen molar-refractivity contribution in [3.8, 4) is 17.2 Å². The van der Waals surface area contributed by atoms with E-state index in [2.05, 4.69) is 4.98 Å². The molecular weight excluding hydrogens is 414 g/mol. The van der Waals surface area contributed by atoms with Gasteiger partial charge in [-0.1, -0.05) is 35.6 Å². The van der Waals surface area contributed by atoms with Crippen LogP contribution in [0.3, 0.4) is 0 Å². The Kier molecular flexibility index (Phi) is 6.28. The van der Waals surface area contributed by atoms with Crippen LogP contribution in [0.2, 0.25) is 0 Å². The van der Waals surface area contributed by atoms with Gasteiger partial charge in [0.1, 0.15) is 27.5 Å². The molecule has 4 aromatic rings. The molecule has 0 N–H and O–H groups in total. The third kappa shape index (κ3) is 4.59. The van der Waals surface area contributed by atoms with Gasteiger partial charge >= 0.3 is 0 Å². The number of thiazole rings is 1. The number of rotatable bonds is 8. The molecule has 158 valence electrons. The van der Waals surface area contributed by atoms with Gasteiger partial charge in [0.05, 0.1) is 26.5 Å². The highest BCUT2D eigenvalue weighted by molar-refractivity contribution is 7.22. The lowest BCUT2D eigenvalue weighted by Gasteiger charge is -2.19. The number of carbonyl (C=O) groups excluding carboxylic acids is 1. The second kappa shape index (κ2) is 9.44. The van der Waals surface area contributed by atoms with Gasteiger partial charge in [0, 0.05) is 6.20 Å². The van der Waals surface area contributed by atoms with E-state index >= 15 is 0 Å². The lowest BCUT2D eigenvalue weighted by atomic mass is 10.3. The second-order valence-corrected chi connectivity index (χ2v) is 7.52. The molecular formula is C23H21N3O4S. The first kappa shape index (κ1) is 20.6. The molecule has 8 heteroatoms. The maximum absolute atomic E-state index is 13.2. The van der Waals surface area contributed by atoms with Gasteiger partial charge in [0.15, 0.2) is 11.7 Å². The van der Waals surface area contributed by atoms with E-state index < -0.39 is 0 Å². The first-order valence-corrected chi connectivity index (χ1v) is 10.4. The van der Waals surface area contributed by atoms with Gasteiger partial charge in [-0.15, -0.1) is 0 Å². The van der Waals surface area contributed by atoms with Crippen LogP contribution in [0, 0.1) is 0 Å². The zero-order valence-electron chi connectivity index (χ0n) is 17.1. The maximum atomic E-state index is 13.2. The summed E-state index contributed by atoms with van der Waals surface area (Å²) in [6.45, 7) is 0.142. The van der Waals surface area contributed by atoms with Gasteiger partial charge in [-0.25, -0.2) is 4.98 Å². The summed E-state index contributed by atoms with van der Waals surface area (Å²) in [5, 5.41) is 0.519. The van der Waals surface area contributed by atoms with Crippen LogP contribution in [0.1, 0.15) is 5.69 Å². The van der Waals surface area contributed by atoms with E-state index in [1.807, 2.05) is 54.6 Å². The van der Waals surface area contributed by atoms with Gasteiger partial charge in [0.25, 0.3) is 5.91 Å². The molecule has 2 aromatic heterocycles. The zero-order chi connectivity index (χ0) is 21.6. The zero-order valence-corrected chi connectivity index (χ0v) is 18.0. The molecule has 7 nitrogen and oxygen atoms in total. The third-order valence-corrected chi connectivity index (χ3v) is 5.68. The molecule has 0 atom stereocenters. The monoisotopic (exact) mass is 435 g/mol. The highest BCUT2D eigenvalue weighted by Gasteiger charge is 2.23. The number of ether oxygens (including phenoxy) is 3. The van der Waals surface area contributed by atoms with E-state index in [0.717, 1.165) is 10.4 Å². The van der Waals surface area contributed by atoms with Crippen LogP contribution in [0.5, 0.6) is 17.2 Å². The van der Waals surface area contributed by atoms with Crippen molar-refractivity contribution >= 4 is 32.6 Å². The lowest BCUT2D eigenvalue weighted by molar-refractivity contribution is -0.120. The van der Waals surface area contributed by atoms with Gasteiger partial charge in [-0.2, -0.15) is 0 Å². The molecule has 0 spiro atoms. The maximum Gasteiger partial charge on any atom is 0.267 e. The lowest BCUT2D eigenvalue weighted by Crippen LogP contribution is -2.34. The standard InChI is InChI=1S/C23H21N3O4S/c1-28-18-11-12-19(29-2)22-21(18)25-23(31-22)26(14-16-8-6-7-13-24-16)20(27)15-30-17-9-4-3-5-10-17/h3-13H,14-15H2,1-2H3. The molecule has 0 aliphatic carbocycles. The predicted molar refractivity (Wildman–Crippen MR) is 120 cm³/mol. The van der Waals surface area contributed by atoms with Crippen molar-refractivity contribution < 1.29 is 19.0 Å². The summed E-state index contributed by atoms with van der Waals surface area (Å²) in [6.07, 6.45) is 1.70. The Morgan fingerprint density at radius 2 is 1.71 bits per heavy atom. The second-order valence-electron chi connectivity index (χ2n) is 6.55. The van der Waals surface area contributed by atoms with Gasteiger partial charge < -0.3 is 14.2 Å². The summed E-state index contributed by atoms with van der Waals surface area (Å²) in [7, 11) is 3.19. The van der Waals surface area contributed by atoms with E-state index in [9.17, 15) is 4.79 Å². The number of aromatic nitrogens is 2. The van der Waals surface area contributed by atoms with Gasteiger partial charge in [-0.05, 0) is 36.4 Å². The highest BCUT2D eigenvalue weighted by atomic mass is 32.1. The summed E-state index contributed by atoms with van der Waals surface area (Å²) < 4.78 is 17.4. The van der Waals surface area contributed by atoms with Crippen molar-refractivity contribution in [2.45, 2.75) is 6.54 Å². The van der Waals surface area contributed by atoms with Crippen LogP contribution in [0.15, 0.2) is 66.9 Å². The fourth-order valence-electron chi connectivity index (χ4n) is 3.05. The highest BCUT2D eigenvalue weighted by Crippen LogP contribution is 2.40. The van der Waals surface area contributed by atoms with Crippen molar-refractivity contribution in [2.24, 2.45) is 0 Å². The Balaban J connectivity index is 1.69. The molecule has 4 rings (SSSR count). The number of fused-ring (bicyclic) bond motifs is 1. The molecule has 0 bridgehead atoms. The molecule has 0 saturated heterocycles. The number of anilines is 1. The third-order valence-electron chi connectivity index (χ3n) is 4.58. The van der Waals surface area contributed by atoms with Crippen molar-refractivity contribution in [1.82, 2.24) is 9.97 Å². The van der Waals surface area contributed by atoms with Crippen molar-refractivity contribution in [3.05, 3.63) is 72.6 Å². The van der Waals surface area contributed by atoms with Crippen LogP contribution < -0.4 is 19.1 Å². The van der Waals surface area contributed by atoms with Crippen LogP contribution >= 0.6 is 11.3 Å². The number of nitrogens with zero attached hydrogens (tertiary/aromatic N) is 3. The minimum atomic E-state index is -0.230. The Hall–Kier alpha value is -3.65. The van der Waals surface area contributed by atoms with E-state index in [4.69, 9.17) is 19.2 Å². The summed E-state index contributed by atoms with van der Waals surface area (Å²) in [6, 6.07) is 18.4. The average molecular weight is 436 g/mol. The fourth-order valence-corrected chi connectivity index (χ4v) is 4.14. The summed E-state index contributed by atoms with van der Waals surface area (Å²) in [4.78, 5) is 23.8. The fraction of sp³-hybridized carbons (Fsp3) is 0.174. The molecule has 0 aliphatic rings. The Labute approximate surface area is 183 Å². The van der Waals surface area contributed by atoms with Crippen molar-refractivity contribution in [1.29, 1.82) is 0 Å². The SMILES string of the molecule is COc1ccc(OC)c2sc(N(Cc3ccccn3)C(=O)COc3ccccc3)nc12. The number of pyridine rings is 1. The molecule has 2 heterocycles. The molecule has 0 saturated carbocycles. The first-order valence-electron chi connectivity index (χ1n) is 9.59. The van der Waals surface area contributed by atoms with E-state index in [1.165, 1.54) is 11.3 Å². The number of hydrogen-bond donors (Lipinski definition) is 0. The van der Waals surface area contributed by atoms with Gasteiger partial charge in [0.2, 0.25) is 0 Å². The molecule has 31 heavy (non-hydrogen) atoms. The topological polar surface area (TPSA) is 73.8 Å². The summed E-state index contributed by atoms with van der Waals surface area (Å²) in [5.41, 5.74) is 1.39. The summed E-state index contributed by atoms with van der Waals surface area (Å²) >= 11 is 1.36. The minimum Gasteiger partial charge on any atom is -0.495 e. The van der Waals surface area contributed by atoms with Crippen LogP contribution in [-0.4, -0.2) is 36.7 Å². The van der Waals surface area contributed by atoms with E-state index in [1.54, 1.807) is 31.4 Å². The Bertz CT molecular complexity index is 1120. The van der Waals surface area contributed by atoms with Crippen LogP contribution in [0.4, 0.5) is 5.13 Å².